The molecule has 0 bridgehead atoms. The molecule has 0 saturated carbocycles. The number of rotatable bonds is 4. The van der Waals surface area contributed by atoms with Crippen LogP contribution in [-0.2, 0) is 10.9 Å². The molecule has 2 aromatic carbocycles. The summed E-state index contributed by atoms with van der Waals surface area (Å²) in [6, 6.07) is 10.3. The lowest BCUT2D eigenvalue weighted by atomic mass is 10.2. The van der Waals surface area contributed by atoms with Gasteiger partial charge in [-0.1, -0.05) is 17.4 Å². The number of amides is 1. The van der Waals surface area contributed by atoms with E-state index in [4.69, 9.17) is 4.74 Å². The molecule has 1 fully saturated rings. The molecule has 1 N–H and O–H groups in total. The molecule has 0 radical (unpaired) electrons. The van der Waals surface area contributed by atoms with Crippen LogP contribution in [0.3, 0.4) is 0 Å². The van der Waals surface area contributed by atoms with Gasteiger partial charge in [0.05, 0.1) is 52.1 Å². The van der Waals surface area contributed by atoms with Crippen LogP contribution < -0.4 is 10.2 Å². The maximum atomic E-state index is 13.1. The number of nitrogens with zero attached hydrogens (tertiary/aromatic N) is 4. The molecule has 11 heteroatoms. The summed E-state index contributed by atoms with van der Waals surface area (Å²) in [4.78, 5) is 19.8. The molecule has 4 aromatic rings. The number of anilines is 2. The van der Waals surface area contributed by atoms with Crippen molar-refractivity contribution in [3.05, 3.63) is 65.5 Å². The van der Waals surface area contributed by atoms with Crippen molar-refractivity contribution in [3.63, 3.8) is 0 Å². The van der Waals surface area contributed by atoms with E-state index in [1.54, 1.807) is 24.3 Å². The van der Waals surface area contributed by atoms with Crippen molar-refractivity contribution in [2.75, 3.05) is 36.5 Å². The van der Waals surface area contributed by atoms with Gasteiger partial charge in [0.15, 0.2) is 5.13 Å². The highest BCUT2D eigenvalue weighted by Gasteiger charge is 2.30. The SMILES string of the molecule is Cc1c(C(=O)Nc2ccc3nc(N4CCOCC4)sc3c2)cnn1-c1cccc(C(F)(F)F)c1. The van der Waals surface area contributed by atoms with Crippen molar-refractivity contribution >= 4 is 38.3 Å². The van der Waals surface area contributed by atoms with E-state index < -0.39 is 17.6 Å². The molecule has 1 aliphatic rings. The number of alkyl halides is 3. The predicted molar refractivity (Wildman–Crippen MR) is 124 cm³/mol. The quantitative estimate of drug-likeness (QED) is 0.444. The van der Waals surface area contributed by atoms with Crippen molar-refractivity contribution in [2.45, 2.75) is 13.1 Å². The zero-order valence-electron chi connectivity index (χ0n) is 18.1. The van der Waals surface area contributed by atoms with Crippen LogP contribution in [0, 0.1) is 6.92 Å². The standard InChI is InChI=1S/C23H20F3N5O2S/c1-14-18(13-27-31(14)17-4-2-3-15(11-17)23(24,25)26)21(32)28-16-5-6-19-20(12-16)34-22(29-19)30-7-9-33-10-8-30/h2-6,11-13H,7-10H2,1H3,(H,28,32). The van der Waals surface area contributed by atoms with Gasteiger partial charge in [-0.05, 0) is 43.3 Å². The number of benzene rings is 2. The smallest absolute Gasteiger partial charge is 0.378 e. The van der Waals surface area contributed by atoms with Crippen LogP contribution in [0.5, 0.6) is 0 Å². The minimum Gasteiger partial charge on any atom is -0.378 e. The maximum Gasteiger partial charge on any atom is 0.416 e. The fourth-order valence-corrected chi connectivity index (χ4v) is 4.84. The molecule has 5 rings (SSSR count). The molecule has 0 unspecified atom stereocenters. The van der Waals surface area contributed by atoms with Crippen molar-refractivity contribution in [1.29, 1.82) is 0 Å². The van der Waals surface area contributed by atoms with Crippen molar-refractivity contribution < 1.29 is 22.7 Å². The zero-order valence-corrected chi connectivity index (χ0v) is 18.9. The molecule has 34 heavy (non-hydrogen) atoms. The molecular weight excluding hydrogens is 467 g/mol. The molecular formula is C23H20F3N5O2S. The molecule has 0 atom stereocenters. The summed E-state index contributed by atoms with van der Waals surface area (Å²) >= 11 is 1.55. The molecule has 3 heterocycles. The van der Waals surface area contributed by atoms with E-state index in [2.05, 4.69) is 20.3 Å². The van der Waals surface area contributed by atoms with Gasteiger partial charge in [0.25, 0.3) is 5.91 Å². The first-order valence-corrected chi connectivity index (χ1v) is 11.4. The second-order valence-electron chi connectivity index (χ2n) is 7.84. The maximum absolute atomic E-state index is 13.1. The minimum atomic E-state index is -4.46. The Morgan fingerprint density at radius 3 is 2.71 bits per heavy atom. The first-order valence-electron chi connectivity index (χ1n) is 10.6. The fraction of sp³-hybridized carbons (Fsp3) is 0.261. The highest BCUT2D eigenvalue weighted by Crippen LogP contribution is 2.32. The lowest BCUT2D eigenvalue weighted by Gasteiger charge is -2.25. The van der Waals surface area contributed by atoms with E-state index in [1.807, 2.05) is 12.1 Å². The summed E-state index contributed by atoms with van der Waals surface area (Å²) < 4.78 is 46.9. The van der Waals surface area contributed by atoms with Crippen molar-refractivity contribution in [2.24, 2.45) is 0 Å². The van der Waals surface area contributed by atoms with E-state index in [0.29, 0.717) is 24.6 Å². The number of thiazole rings is 1. The topological polar surface area (TPSA) is 72.3 Å². The number of nitrogens with one attached hydrogen (secondary N) is 1. The van der Waals surface area contributed by atoms with Gasteiger partial charge in [-0.25, -0.2) is 9.67 Å². The van der Waals surface area contributed by atoms with Crippen LogP contribution in [0.1, 0.15) is 21.6 Å². The Hall–Kier alpha value is -3.44. The van der Waals surface area contributed by atoms with Gasteiger partial charge in [0.1, 0.15) is 0 Å². The van der Waals surface area contributed by atoms with Gasteiger partial charge >= 0.3 is 6.18 Å². The number of halogens is 3. The van der Waals surface area contributed by atoms with E-state index in [-0.39, 0.29) is 11.3 Å². The number of carbonyl (C=O) groups excluding carboxylic acids is 1. The molecule has 1 amide bonds. The number of aromatic nitrogens is 3. The van der Waals surface area contributed by atoms with Gasteiger partial charge in [-0.2, -0.15) is 18.3 Å². The monoisotopic (exact) mass is 487 g/mol. The second-order valence-corrected chi connectivity index (χ2v) is 8.85. The number of fused-ring (bicyclic) bond motifs is 1. The van der Waals surface area contributed by atoms with Gasteiger partial charge in [0.2, 0.25) is 0 Å². The molecule has 7 nitrogen and oxygen atoms in total. The molecule has 1 saturated heterocycles. The summed E-state index contributed by atoms with van der Waals surface area (Å²) in [6.07, 6.45) is -3.11. The molecule has 2 aromatic heterocycles. The van der Waals surface area contributed by atoms with Gasteiger partial charge < -0.3 is 15.0 Å². The van der Waals surface area contributed by atoms with Crippen LogP contribution in [0.4, 0.5) is 24.0 Å². The van der Waals surface area contributed by atoms with Crippen LogP contribution >= 0.6 is 11.3 Å². The van der Waals surface area contributed by atoms with Crippen LogP contribution in [0.15, 0.2) is 48.7 Å². The summed E-state index contributed by atoms with van der Waals surface area (Å²) in [5, 5.41) is 7.91. The average Bonchev–Trinajstić information content (AvgIpc) is 3.42. The number of ether oxygens (including phenoxy) is 1. The Morgan fingerprint density at radius 1 is 1.15 bits per heavy atom. The molecule has 0 aliphatic carbocycles. The minimum absolute atomic E-state index is 0.230. The first kappa shape index (κ1) is 22.4. The predicted octanol–water partition coefficient (Wildman–Crippen LogP) is 4.90. The van der Waals surface area contributed by atoms with Gasteiger partial charge in [-0.3, -0.25) is 4.79 Å². The molecule has 176 valence electrons. The number of morpholine rings is 1. The third-order valence-electron chi connectivity index (χ3n) is 5.59. The van der Waals surface area contributed by atoms with Crippen LogP contribution in [-0.4, -0.2) is 47.0 Å². The van der Waals surface area contributed by atoms with Crippen LogP contribution in [0.25, 0.3) is 15.9 Å². The normalized spacial score (nSPS) is 14.5. The summed E-state index contributed by atoms with van der Waals surface area (Å²) in [6.45, 7) is 4.57. The Kier molecular flexibility index (Phi) is 5.74. The fourth-order valence-electron chi connectivity index (χ4n) is 3.79. The zero-order chi connectivity index (χ0) is 23.9. The summed E-state index contributed by atoms with van der Waals surface area (Å²) in [5.41, 5.74) is 1.60. The van der Waals surface area contributed by atoms with E-state index in [1.165, 1.54) is 23.0 Å². The summed E-state index contributed by atoms with van der Waals surface area (Å²) in [5.74, 6) is -0.395. The van der Waals surface area contributed by atoms with Crippen molar-refractivity contribution in [3.8, 4) is 5.69 Å². The highest BCUT2D eigenvalue weighted by atomic mass is 32.1. The lowest BCUT2D eigenvalue weighted by Crippen LogP contribution is -2.36. The second kappa shape index (κ2) is 8.73. The number of carbonyl (C=O) groups is 1. The van der Waals surface area contributed by atoms with Gasteiger partial charge in [0, 0.05) is 18.8 Å². The Bertz CT molecular complexity index is 1360. The van der Waals surface area contributed by atoms with E-state index in [9.17, 15) is 18.0 Å². The first-order chi connectivity index (χ1) is 16.3. The highest BCUT2D eigenvalue weighted by molar-refractivity contribution is 7.22. The Labute approximate surface area is 196 Å². The van der Waals surface area contributed by atoms with E-state index >= 15 is 0 Å². The Balaban J connectivity index is 1.36. The van der Waals surface area contributed by atoms with Crippen molar-refractivity contribution in [1.82, 2.24) is 14.8 Å². The largest absolute Gasteiger partial charge is 0.416 e. The molecule has 0 spiro atoms. The average molecular weight is 488 g/mol. The third kappa shape index (κ3) is 4.36. The number of hydrogen-bond acceptors (Lipinski definition) is 6. The summed E-state index contributed by atoms with van der Waals surface area (Å²) in [7, 11) is 0. The Morgan fingerprint density at radius 2 is 1.94 bits per heavy atom. The lowest BCUT2D eigenvalue weighted by molar-refractivity contribution is -0.137. The number of hydrogen-bond donors (Lipinski definition) is 1. The van der Waals surface area contributed by atoms with E-state index in [0.717, 1.165) is 40.6 Å². The van der Waals surface area contributed by atoms with Crippen LogP contribution in [0.2, 0.25) is 0 Å². The molecule has 1 aliphatic heterocycles. The third-order valence-corrected chi connectivity index (χ3v) is 6.67. The van der Waals surface area contributed by atoms with Gasteiger partial charge in [-0.15, -0.1) is 0 Å².